The van der Waals surface area contributed by atoms with Crippen LogP contribution in [0.1, 0.15) is 70.7 Å². The molecule has 1 saturated heterocycles. The maximum atomic E-state index is 12.8. The first-order valence-corrected chi connectivity index (χ1v) is 16.0. The van der Waals surface area contributed by atoms with Crippen molar-refractivity contribution in [1.29, 1.82) is 0 Å². The molecule has 238 valence electrons. The van der Waals surface area contributed by atoms with Gasteiger partial charge in [0.2, 0.25) is 0 Å². The predicted octanol–water partition coefficient (Wildman–Crippen LogP) is 7.51. The van der Waals surface area contributed by atoms with Crippen LogP contribution in [0.5, 0.6) is 5.75 Å². The van der Waals surface area contributed by atoms with E-state index in [9.17, 15) is 9.90 Å². The number of hydrogen-bond donors (Lipinski definition) is 1. The fraction of sp³-hybridized carbons (Fsp3) is 0.457. The van der Waals surface area contributed by atoms with Crippen LogP contribution in [0.25, 0.3) is 28.0 Å². The molecule has 2 aromatic heterocycles. The van der Waals surface area contributed by atoms with Crippen LogP contribution in [0.2, 0.25) is 5.02 Å². The quantitative estimate of drug-likeness (QED) is 0.248. The van der Waals surface area contributed by atoms with Gasteiger partial charge in [0.1, 0.15) is 11.6 Å². The zero-order chi connectivity index (χ0) is 31.9. The number of aryl methyl sites for hydroxylation is 1. The molecular formula is C35H41ClN4O5. The van der Waals surface area contributed by atoms with Gasteiger partial charge in [-0.25, -0.2) is 9.78 Å². The lowest BCUT2D eigenvalue weighted by atomic mass is 9.92. The van der Waals surface area contributed by atoms with Gasteiger partial charge in [-0.3, -0.25) is 0 Å². The minimum absolute atomic E-state index is 0.284. The Bertz CT molecular complexity index is 1720. The van der Waals surface area contributed by atoms with Crippen molar-refractivity contribution in [3.63, 3.8) is 0 Å². The topological polar surface area (TPSA) is 98.4 Å². The Morgan fingerprint density at radius 1 is 1.07 bits per heavy atom. The third-order valence-corrected chi connectivity index (χ3v) is 8.78. The summed E-state index contributed by atoms with van der Waals surface area (Å²) in [6, 6.07) is 15.8. The number of carboxylic acids is 1. The molecule has 1 atom stereocenters. The molecule has 0 saturated carbocycles. The molecule has 2 aromatic carbocycles. The Kier molecular flexibility index (Phi) is 8.54. The van der Waals surface area contributed by atoms with Crippen LogP contribution in [0, 0.1) is 6.92 Å². The number of fused-ring (bicyclic) bond motifs is 7. The largest absolute Gasteiger partial charge is 0.493 e. The molecule has 9 nitrogen and oxygen atoms in total. The molecule has 1 unspecified atom stereocenters. The maximum absolute atomic E-state index is 12.8. The SMILES string of the molecule is Cc1nc2cc3nn2c(c1C(OC(C)(C)C)C(=O)O)N1CCC(C)(CC1)OCCCCOc1ccc(Cl)cc1-c1cccc-3c1. The molecule has 3 aliphatic rings. The first-order chi connectivity index (χ1) is 21.4. The third-order valence-electron chi connectivity index (χ3n) is 8.54. The van der Waals surface area contributed by atoms with E-state index >= 15 is 0 Å². The van der Waals surface area contributed by atoms with E-state index in [1.807, 2.05) is 70.2 Å². The van der Waals surface area contributed by atoms with Gasteiger partial charge in [0.25, 0.3) is 0 Å². The average molecular weight is 633 g/mol. The van der Waals surface area contributed by atoms with Crippen molar-refractivity contribution in [3.8, 4) is 28.1 Å². The van der Waals surface area contributed by atoms with Gasteiger partial charge >= 0.3 is 5.97 Å². The summed E-state index contributed by atoms with van der Waals surface area (Å²) >= 11 is 6.45. The number of piperidine rings is 1. The number of nitrogens with zero attached hydrogens (tertiary/aromatic N) is 4. The van der Waals surface area contributed by atoms with Crippen LogP contribution < -0.4 is 9.64 Å². The smallest absolute Gasteiger partial charge is 0.337 e. The van der Waals surface area contributed by atoms with Gasteiger partial charge in [-0.1, -0.05) is 29.8 Å². The minimum atomic E-state index is -1.22. The highest BCUT2D eigenvalue weighted by Crippen LogP contribution is 2.39. The second kappa shape index (κ2) is 12.3. The summed E-state index contributed by atoms with van der Waals surface area (Å²) in [5, 5.41) is 16.1. The van der Waals surface area contributed by atoms with E-state index < -0.39 is 17.7 Å². The van der Waals surface area contributed by atoms with Gasteiger partial charge in [0.05, 0.1) is 29.1 Å². The van der Waals surface area contributed by atoms with E-state index in [1.54, 1.807) is 4.52 Å². The summed E-state index contributed by atoms with van der Waals surface area (Å²) in [7, 11) is 0. The molecule has 7 rings (SSSR count). The molecule has 0 aliphatic carbocycles. The van der Waals surface area contributed by atoms with Crippen LogP contribution in [0.15, 0.2) is 48.5 Å². The Balaban J connectivity index is 1.54. The van der Waals surface area contributed by atoms with Crippen molar-refractivity contribution >= 4 is 29.0 Å². The zero-order valence-corrected chi connectivity index (χ0v) is 27.4. The summed E-state index contributed by atoms with van der Waals surface area (Å²) in [5.41, 5.74) is 4.24. The van der Waals surface area contributed by atoms with Crippen LogP contribution in [0.3, 0.4) is 0 Å². The van der Waals surface area contributed by atoms with Crippen molar-refractivity contribution in [1.82, 2.24) is 14.6 Å². The normalized spacial score (nSPS) is 17.7. The molecule has 1 fully saturated rings. The third kappa shape index (κ3) is 6.66. The number of hydrogen-bond acceptors (Lipinski definition) is 7. The molecular weight excluding hydrogens is 592 g/mol. The van der Waals surface area contributed by atoms with Crippen LogP contribution in [-0.4, -0.2) is 63.2 Å². The Labute approximate surface area is 269 Å². The Morgan fingerprint density at radius 3 is 2.53 bits per heavy atom. The van der Waals surface area contributed by atoms with Crippen molar-refractivity contribution in [2.24, 2.45) is 0 Å². The number of carbonyl (C=O) groups is 1. The van der Waals surface area contributed by atoms with E-state index in [1.165, 1.54) is 0 Å². The summed E-state index contributed by atoms with van der Waals surface area (Å²) in [4.78, 5) is 19.9. The van der Waals surface area contributed by atoms with Crippen molar-refractivity contribution in [3.05, 3.63) is 64.8 Å². The summed E-state index contributed by atoms with van der Waals surface area (Å²) in [6.07, 6.45) is 2.09. The van der Waals surface area contributed by atoms with Crippen molar-refractivity contribution in [2.75, 3.05) is 31.2 Å². The monoisotopic (exact) mass is 632 g/mol. The molecule has 1 N–H and O–H groups in total. The number of ether oxygens (including phenoxy) is 3. The first kappa shape index (κ1) is 31.3. The number of aliphatic carboxylic acids is 1. The van der Waals surface area contributed by atoms with Crippen molar-refractivity contribution < 1.29 is 24.1 Å². The molecule has 3 aliphatic heterocycles. The lowest BCUT2D eigenvalue weighted by molar-refractivity contribution is -0.160. The fourth-order valence-corrected chi connectivity index (χ4v) is 6.37. The minimum Gasteiger partial charge on any atom is -0.493 e. The molecule has 5 heterocycles. The number of rotatable bonds is 3. The van der Waals surface area contributed by atoms with Gasteiger partial charge in [-0.15, -0.1) is 0 Å². The molecule has 4 aromatic rings. The van der Waals surface area contributed by atoms with E-state index in [-0.39, 0.29) is 5.60 Å². The van der Waals surface area contributed by atoms with E-state index in [0.29, 0.717) is 54.0 Å². The standard InChI is InChI=1S/C35H41ClN4O5/c1-22-30(31(33(41)42)45-34(2,3)4)32-39-15-13-35(5,14-16-39)44-18-7-6-17-43-28-12-11-25(36)20-26(28)23-9-8-10-24(19-23)27-21-29(37-22)40(32)38-27/h8-12,19-21,31H,6-7,13-18H2,1-5H3,(H,41,42). The Morgan fingerprint density at radius 2 is 1.80 bits per heavy atom. The average Bonchev–Trinajstić information content (AvgIpc) is 3.41. The van der Waals surface area contributed by atoms with Crippen molar-refractivity contribution in [2.45, 2.75) is 77.6 Å². The van der Waals surface area contributed by atoms with Gasteiger partial charge in [0, 0.05) is 47.6 Å². The van der Waals surface area contributed by atoms with Crippen LogP contribution in [0.4, 0.5) is 5.82 Å². The van der Waals surface area contributed by atoms with E-state index in [4.69, 9.17) is 35.9 Å². The second-order valence-corrected chi connectivity index (χ2v) is 13.7. The highest BCUT2D eigenvalue weighted by Gasteiger charge is 2.37. The van der Waals surface area contributed by atoms with Gasteiger partial charge in [0.15, 0.2) is 11.8 Å². The number of benzene rings is 2. The highest BCUT2D eigenvalue weighted by molar-refractivity contribution is 6.31. The summed E-state index contributed by atoms with van der Waals surface area (Å²) < 4.78 is 20.7. The lowest BCUT2D eigenvalue weighted by Crippen LogP contribution is -2.46. The maximum Gasteiger partial charge on any atom is 0.337 e. The first-order valence-electron chi connectivity index (χ1n) is 15.6. The van der Waals surface area contributed by atoms with Crippen LogP contribution in [-0.2, 0) is 14.3 Å². The molecule has 0 amide bonds. The van der Waals surface area contributed by atoms with Gasteiger partial charge in [-0.2, -0.15) is 9.61 Å². The molecule has 45 heavy (non-hydrogen) atoms. The Hall–Kier alpha value is -3.66. The second-order valence-electron chi connectivity index (χ2n) is 13.2. The number of anilines is 1. The lowest BCUT2D eigenvalue weighted by Gasteiger charge is -2.41. The van der Waals surface area contributed by atoms with Crippen LogP contribution >= 0.6 is 11.6 Å². The number of carboxylic acid groups (broad SMARTS) is 1. The predicted molar refractivity (Wildman–Crippen MR) is 175 cm³/mol. The highest BCUT2D eigenvalue weighted by atomic mass is 35.5. The fourth-order valence-electron chi connectivity index (χ4n) is 6.19. The van der Waals surface area contributed by atoms with Gasteiger partial charge in [-0.05, 0) is 90.1 Å². The zero-order valence-electron chi connectivity index (χ0n) is 26.6. The molecule has 0 spiro atoms. The number of halogens is 1. The summed E-state index contributed by atoms with van der Waals surface area (Å²) in [6.45, 7) is 12.2. The summed E-state index contributed by atoms with van der Waals surface area (Å²) in [5.74, 6) is 0.402. The number of aromatic nitrogens is 3. The molecule has 10 heteroatoms. The molecule has 0 radical (unpaired) electrons. The molecule has 6 bridgehead atoms. The van der Waals surface area contributed by atoms with E-state index in [0.717, 1.165) is 53.8 Å². The van der Waals surface area contributed by atoms with Gasteiger partial charge < -0.3 is 24.2 Å². The van der Waals surface area contributed by atoms with E-state index in [2.05, 4.69) is 17.9 Å².